The van der Waals surface area contributed by atoms with Gasteiger partial charge in [0.15, 0.2) is 11.6 Å². The summed E-state index contributed by atoms with van der Waals surface area (Å²) >= 11 is 0. The topological polar surface area (TPSA) is 113 Å². The number of ether oxygens (including phenoxy) is 1. The maximum absolute atomic E-state index is 15.6. The van der Waals surface area contributed by atoms with Crippen molar-refractivity contribution in [2.24, 2.45) is 7.05 Å². The molecule has 1 N–H and O–H groups in total. The molecule has 45 heavy (non-hydrogen) atoms. The van der Waals surface area contributed by atoms with Crippen LogP contribution >= 0.6 is 0 Å². The molecule has 0 aliphatic carbocycles. The fourth-order valence-electron chi connectivity index (χ4n) is 6.52. The first-order chi connectivity index (χ1) is 21.3. The largest absolute Gasteiger partial charge is 0.444 e. The maximum atomic E-state index is 15.6. The van der Waals surface area contributed by atoms with Gasteiger partial charge in [-0.25, -0.2) is 22.6 Å². The number of nitrogens with zero attached hydrogens (tertiary/aromatic N) is 5. The summed E-state index contributed by atoms with van der Waals surface area (Å²) in [5.41, 5.74) is 0.142. The SMILES string of the molecule is Cn1nnc2cc(-c3ccc(C(=O)N4[C@@H]5CC[C@H]4C[C@@H](NC(=O)OC(C)(C)C)C5)cc3-c3ccc(C#N)c(F)c3)c(F)c(F)c21. The van der Waals surface area contributed by atoms with Crippen LogP contribution in [0.15, 0.2) is 42.5 Å². The van der Waals surface area contributed by atoms with Crippen molar-refractivity contribution in [3.63, 3.8) is 0 Å². The molecule has 2 amide bonds. The van der Waals surface area contributed by atoms with E-state index in [0.717, 1.165) is 23.6 Å². The van der Waals surface area contributed by atoms with E-state index < -0.39 is 29.1 Å². The number of nitrogens with one attached hydrogen (secondary N) is 1. The van der Waals surface area contributed by atoms with Gasteiger partial charge in [-0.3, -0.25) is 4.79 Å². The summed E-state index contributed by atoms with van der Waals surface area (Å²) in [6.45, 7) is 5.38. The molecule has 0 saturated carbocycles. The van der Waals surface area contributed by atoms with E-state index in [9.17, 15) is 19.2 Å². The summed E-state index contributed by atoms with van der Waals surface area (Å²) in [6, 6.07) is 11.3. The monoisotopic (exact) mass is 616 g/mol. The van der Waals surface area contributed by atoms with Crippen molar-refractivity contribution in [2.75, 3.05) is 0 Å². The highest BCUT2D eigenvalue weighted by Gasteiger charge is 2.44. The molecular weight excluding hydrogens is 585 g/mol. The maximum Gasteiger partial charge on any atom is 0.407 e. The third kappa shape index (κ3) is 5.59. The predicted molar refractivity (Wildman–Crippen MR) is 159 cm³/mol. The van der Waals surface area contributed by atoms with Gasteiger partial charge >= 0.3 is 6.09 Å². The quantitative estimate of drug-likeness (QED) is 0.290. The number of benzene rings is 3. The Bertz CT molecular complexity index is 1880. The molecule has 0 unspecified atom stereocenters. The number of nitriles is 1. The smallest absolute Gasteiger partial charge is 0.407 e. The van der Waals surface area contributed by atoms with Gasteiger partial charge in [-0.05, 0) is 93.5 Å². The minimum absolute atomic E-state index is 0.103. The summed E-state index contributed by atoms with van der Waals surface area (Å²) in [7, 11) is 1.45. The molecule has 9 nitrogen and oxygen atoms in total. The van der Waals surface area contributed by atoms with Crippen LogP contribution in [0.2, 0.25) is 0 Å². The lowest BCUT2D eigenvalue weighted by Gasteiger charge is -2.39. The summed E-state index contributed by atoms with van der Waals surface area (Å²) in [4.78, 5) is 28.2. The zero-order chi connectivity index (χ0) is 32.2. The summed E-state index contributed by atoms with van der Waals surface area (Å²) < 4.78 is 52.1. The molecule has 12 heteroatoms. The van der Waals surface area contributed by atoms with Gasteiger partial charge in [0.1, 0.15) is 28.5 Å². The van der Waals surface area contributed by atoms with Gasteiger partial charge in [-0.15, -0.1) is 5.10 Å². The van der Waals surface area contributed by atoms with E-state index in [1.54, 1.807) is 39.0 Å². The number of carbonyl (C=O) groups excluding carboxylic acids is 2. The highest BCUT2D eigenvalue weighted by molar-refractivity contribution is 5.99. The van der Waals surface area contributed by atoms with Gasteiger partial charge in [0, 0.05) is 36.3 Å². The second kappa shape index (κ2) is 11.2. The van der Waals surface area contributed by atoms with E-state index in [-0.39, 0.29) is 68.4 Å². The zero-order valence-electron chi connectivity index (χ0n) is 25.2. The van der Waals surface area contributed by atoms with E-state index in [2.05, 4.69) is 15.6 Å². The molecule has 3 aromatic carbocycles. The van der Waals surface area contributed by atoms with Gasteiger partial charge in [-0.1, -0.05) is 17.3 Å². The van der Waals surface area contributed by atoms with Gasteiger partial charge < -0.3 is 15.0 Å². The van der Waals surface area contributed by atoms with E-state index in [1.165, 1.54) is 31.3 Å². The molecule has 0 radical (unpaired) electrons. The Morgan fingerprint density at radius 3 is 2.33 bits per heavy atom. The Morgan fingerprint density at radius 1 is 0.978 bits per heavy atom. The summed E-state index contributed by atoms with van der Waals surface area (Å²) in [6.07, 6.45) is 2.19. The van der Waals surface area contributed by atoms with Gasteiger partial charge in [0.25, 0.3) is 5.91 Å². The van der Waals surface area contributed by atoms with Crippen LogP contribution in [-0.2, 0) is 11.8 Å². The van der Waals surface area contributed by atoms with E-state index in [4.69, 9.17) is 4.74 Å². The average molecular weight is 617 g/mol. The molecule has 1 aromatic heterocycles. The summed E-state index contributed by atoms with van der Waals surface area (Å²) in [5, 5.41) is 19.9. The number of carbonyl (C=O) groups is 2. The third-order valence-electron chi connectivity index (χ3n) is 8.42. The molecular formula is C33H31F3N6O3. The van der Waals surface area contributed by atoms with Crippen molar-refractivity contribution in [1.29, 1.82) is 5.26 Å². The van der Waals surface area contributed by atoms with Gasteiger partial charge in [0.05, 0.1) is 5.56 Å². The standard InChI is InChI=1S/C33H31F3N6O3/c1-33(2,3)45-32(44)38-20-13-21-8-9-22(14-20)42(21)31(43)18-7-10-23(24(11-18)17-5-6-19(16-37)26(34)12-17)25-15-27-30(29(36)28(25)35)41(4)40-39-27/h5-7,10-12,15,20-22H,8-9,13-14H2,1-4H3,(H,38,44)/t20-,21+,22-. The minimum atomic E-state index is -1.14. The first-order valence-corrected chi connectivity index (χ1v) is 14.7. The van der Waals surface area contributed by atoms with Crippen molar-refractivity contribution in [3.8, 4) is 28.3 Å². The lowest BCUT2D eigenvalue weighted by atomic mass is 9.90. The fourth-order valence-corrected chi connectivity index (χ4v) is 6.52. The number of alkyl carbamates (subject to hydrolysis) is 1. The number of hydrogen-bond donors (Lipinski definition) is 1. The van der Waals surface area contributed by atoms with Crippen LogP contribution in [-0.4, -0.2) is 55.6 Å². The predicted octanol–water partition coefficient (Wildman–Crippen LogP) is 6.25. The highest BCUT2D eigenvalue weighted by Crippen LogP contribution is 2.40. The van der Waals surface area contributed by atoms with Crippen LogP contribution in [0.3, 0.4) is 0 Å². The number of rotatable bonds is 4. The average Bonchev–Trinajstić information content (AvgIpc) is 3.48. The molecule has 3 heterocycles. The van der Waals surface area contributed by atoms with Crippen LogP contribution in [0.5, 0.6) is 0 Å². The molecule has 2 saturated heterocycles. The Hall–Kier alpha value is -4.92. The van der Waals surface area contributed by atoms with Crippen LogP contribution in [0.4, 0.5) is 18.0 Å². The Kier molecular flexibility index (Phi) is 7.51. The number of hydrogen-bond acceptors (Lipinski definition) is 6. The molecule has 3 atom stereocenters. The number of piperidine rings is 1. The molecule has 6 rings (SSSR count). The molecule has 2 bridgehead atoms. The van der Waals surface area contributed by atoms with E-state index in [1.807, 2.05) is 4.90 Å². The Balaban J connectivity index is 1.37. The second-order valence-electron chi connectivity index (χ2n) is 12.6. The Morgan fingerprint density at radius 2 is 1.69 bits per heavy atom. The van der Waals surface area contributed by atoms with Crippen molar-refractivity contribution >= 4 is 23.0 Å². The van der Waals surface area contributed by atoms with E-state index >= 15 is 8.78 Å². The molecule has 2 fully saturated rings. The first-order valence-electron chi connectivity index (χ1n) is 14.7. The lowest BCUT2D eigenvalue weighted by molar-refractivity contribution is 0.0418. The van der Waals surface area contributed by atoms with Crippen LogP contribution in [0.1, 0.15) is 62.4 Å². The Labute approximate surface area is 257 Å². The highest BCUT2D eigenvalue weighted by atomic mass is 19.2. The second-order valence-corrected chi connectivity index (χ2v) is 12.6. The third-order valence-corrected chi connectivity index (χ3v) is 8.42. The van der Waals surface area contributed by atoms with Crippen LogP contribution in [0, 0.1) is 28.8 Å². The van der Waals surface area contributed by atoms with Crippen molar-refractivity contribution in [3.05, 3.63) is 71.0 Å². The summed E-state index contributed by atoms with van der Waals surface area (Å²) in [5.74, 6) is -3.31. The molecule has 2 aliphatic rings. The minimum Gasteiger partial charge on any atom is -0.444 e. The molecule has 0 spiro atoms. The van der Waals surface area contributed by atoms with Crippen molar-refractivity contribution in [1.82, 2.24) is 25.2 Å². The van der Waals surface area contributed by atoms with Gasteiger partial charge in [0.2, 0.25) is 0 Å². The van der Waals surface area contributed by atoms with Gasteiger partial charge in [-0.2, -0.15) is 5.26 Å². The van der Waals surface area contributed by atoms with E-state index in [0.29, 0.717) is 12.8 Å². The normalized spacial score (nSPS) is 19.4. The van der Waals surface area contributed by atoms with Crippen molar-refractivity contribution < 1.29 is 27.5 Å². The fraction of sp³-hybridized carbons (Fsp3) is 0.364. The first kappa shape index (κ1) is 30.1. The molecule has 2 aliphatic heterocycles. The molecule has 232 valence electrons. The number of fused-ring (bicyclic) bond motifs is 3. The number of amides is 2. The lowest BCUT2D eigenvalue weighted by Crippen LogP contribution is -2.53. The zero-order valence-corrected chi connectivity index (χ0v) is 25.2. The number of aromatic nitrogens is 3. The van der Waals surface area contributed by atoms with Crippen molar-refractivity contribution in [2.45, 2.75) is 70.2 Å². The number of halogens is 3. The van der Waals surface area contributed by atoms with Crippen LogP contribution in [0.25, 0.3) is 33.3 Å². The number of aryl methyl sites for hydroxylation is 1. The van der Waals surface area contributed by atoms with Crippen LogP contribution < -0.4 is 5.32 Å². The molecule has 4 aromatic rings.